The summed E-state index contributed by atoms with van der Waals surface area (Å²) in [5, 5.41) is 0. The maximum absolute atomic E-state index is 12.7. The summed E-state index contributed by atoms with van der Waals surface area (Å²) in [6, 6.07) is 8.57. The molecule has 0 bridgehead atoms. The van der Waals surface area contributed by atoms with Crippen molar-refractivity contribution in [3.63, 3.8) is 0 Å². The van der Waals surface area contributed by atoms with E-state index in [9.17, 15) is 13.2 Å². The van der Waals surface area contributed by atoms with Crippen molar-refractivity contribution in [3.8, 4) is 11.6 Å². The van der Waals surface area contributed by atoms with Crippen LogP contribution in [0.2, 0.25) is 0 Å². The topological polar surface area (TPSA) is 57.4 Å². The number of pyridine rings is 1. The molecule has 0 aliphatic carbocycles. The van der Waals surface area contributed by atoms with Gasteiger partial charge in [0.25, 0.3) is 0 Å². The number of nitrogens with two attached hydrogens (primary N) is 1. The Balaban J connectivity index is 2.14. The summed E-state index contributed by atoms with van der Waals surface area (Å²) in [6.45, 7) is 0.0605. The Kier molecular flexibility index (Phi) is 4.21. The molecule has 2 rings (SSSR count). The van der Waals surface area contributed by atoms with Crippen molar-refractivity contribution in [2.45, 2.75) is 12.8 Å². The van der Waals surface area contributed by atoms with E-state index >= 15 is 0 Å². The molecule has 0 unspecified atom stereocenters. The van der Waals surface area contributed by atoms with Gasteiger partial charge in [0, 0.05) is 6.07 Å². The molecule has 0 saturated carbocycles. The summed E-state index contributed by atoms with van der Waals surface area (Å²) >= 11 is 0. The van der Waals surface area contributed by atoms with Gasteiger partial charge in [-0.15, -0.1) is 0 Å². The predicted octanol–water partition coefficient (Wildman–Crippen LogP) is 3.27. The molecular formula is C14H13F3N2O2. The molecule has 1 heterocycles. The molecule has 0 aliphatic rings. The molecule has 0 amide bonds. The molecule has 0 radical (unpaired) electrons. The molecule has 0 atom stereocenters. The van der Waals surface area contributed by atoms with E-state index in [1.165, 1.54) is 7.11 Å². The van der Waals surface area contributed by atoms with Gasteiger partial charge in [0.15, 0.2) is 0 Å². The first-order valence-electron chi connectivity index (χ1n) is 5.99. The number of benzene rings is 1. The molecule has 0 fully saturated rings. The minimum atomic E-state index is -4.49. The zero-order chi connectivity index (χ0) is 15.5. The van der Waals surface area contributed by atoms with Gasteiger partial charge in [0.05, 0.1) is 12.7 Å². The predicted molar refractivity (Wildman–Crippen MR) is 71.0 cm³/mol. The van der Waals surface area contributed by atoms with E-state index in [2.05, 4.69) is 4.98 Å². The lowest BCUT2D eigenvalue weighted by Gasteiger charge is -2.11. The van der Waals surface area contributed by atoms with E-state index in [4.69, 9.17) is 15.2 Å². The second kappa shape index (κ2) is 5.90. The molecule has 7 heteroatoms. The monoisotopic (exact) mass is 298 g/mol. The van der Waals surface area contributed by atoms with Gasteiger partial charge < -0.3 is 15.2 Å². The highest BCUT2D eigenvalue weighted by Gasteiger charge is 2.31. The molecule has 112 valence electrons. The van der Waals surface area contributed by atoms with Crippen LogP contribution >= 0.6 is 0 Å². The van der Waals surface area contributed by atoms with E-state index in [0.29, 0.717) is 5.75 Å². The number of aromatic nitrogens is 1. The van der Waals surface area contributed by atoms with Gasteiger partial charge in [-0.05, 0) is 23.8 Å². The van der Waals surface area contributed by atoms with Crippen LogP contribution in [0.4, 0.5) is 19.0 Å². The maximum Gasteiger partial charge on any atom is 0.416 e. The number of anilines is 1. The van der Waals surface area contributed by atoms with Crippen molar-refractivity contribution >= 4 is 5.82 Å². The average Bonchev–Trinajstić information content (AvgIpc) is 2.44. The van der Waals surface area contributed by atoms with Crippen LogP contribution in [0.15, 0.2) is 36.4 Å². The van der Waals surface area contributed by atoms with Crippen LogP contribution in [0.5, 0.6) is 11.6 Å². The summed E-state index contributed by atoms with van der Waals surface area (Å²) in [7, 11) is 1.52. The molecule has 4 nitrogen and oxygen atoms in total. The number of alkyl halides is 3. The minimum Gasteiger partial charge on any atom is -0.497 e. The Morgan fingerprint density at radius 3 is 2.62 bits per heavy atom. The van der Waals surface area contributed by atoms with Crippen LogP contribution in [0.25, 0.3) is 0 Å². The van der Waals surface area contributed by atoms with Crippen LogP contribution < -0.4 is 15.2 Å². The Hall–Kier alpha value is -2.44. The number of methoxy groups -OCH3 is 1. The SMILES string of the molecule is COc1cccc(COc2cc(C(F)(F)F)cc(N)n2)c1. The molecule has 0 saturated heterocycles. The van der Waals surface area contributed by atoms with Gasteiger partial charge in [0.2, 0.25) is 5.88 Å². The summed E-state index contributed by atoms with van der Waals surface area (Å²) in [6.07, 6.45) is -4.49. The highest BCUT2D eigenvalue weighted by atomic mass is 19.4. The number of rotatable bonds is 4. The summed E-state index contributed by atoms with van der Waals surface area (Å²) in [5.41, 5.74) is 5.21. The van der Waals surface area contributed by atoms with E-state index in [-0.39, 0.29) is 18.3 Å². The maximum atomic E-state index is 12.7. The molecule has 21 heavy (non-hydrogen) atoms. The first-order valence-corrected chi connectivity index (χ1v) is 5.99. The molecule has 0 aliphatic heterocycles. The van der Waals surface area contributed by atoms with Crippen molar-refractivity contribution in [2.75, 3.05) is 12.8 Å². The van der Waals surface area contributed by atoms with Crippen molar-refractivity contribution in [1.82, 2.24) is 4.98 Å². The highest BCUT2D eigenvalue weighted by Crippen LogP contribution is 2.32. The Bertz CT molecular complexity index is 630. The van der Waals surface area contributed by atoms with Crippen LogP contribution in [0.1, 0.15) is 11.1 Å². The van der Waals surface area contributed by atoms with Gasteiger partial charge in [-0.3, -0.25) is 0 Å². The number of ether oxygens (including phenoxy) is 2. The third kappa shape index (κ3) is 4.01. The molecule has 1 aromatic heterocycles. The zero-order valence-corrected chi connectivity index (χ0v) is 11.1. The largest absolute Gasteiger partial charge is 0.497 e. The third-order valence-electron chi connectivity index (χ3n) is 2.67. The van der Waals surface area contributed by atoms with Crippen molar-refractivity contribution in [2.24, 2.45) is 0 Å². The fourth-order valence-corrected chi connectivity index (χ4v) is 1.68. The van der Waals surface area contributed by atoms with Gasteiger partial charge in [-0.1, -0.05) is 12.1 Å². The van der Waals surface area contributed by atoms with E-state index in [1.54, 1.807) is 24.3 Å². The first kappa shape index (κ1) is 15.0. The van der Waals surface area contributed by atoms with E-state index in [0.717, 1.165) is 17.7 Å². The normalized spacial score (nSPS) is 11.2. The van der Waals surface area contributed by atoms with Crippen molar-refractivity contribution in [3.05, 3.63) is 47.5 Å². The average molecular weight is 298 g/mol. The molecular weight excluding hydrogens is 285 g/mol. The molecule has 2 aromatic rings. The van der Waals surface area contributed by atoms with Gasteiger partial charge >= 0.3 is 6.18 Å². The summed E-state index contributed by atoms with van der Waals surface area (Å²) in [5.74, 6) is 0.211. The summed E-state index contributed by atoms with van der Waals surface area (Å²) < 4.78 is 48.3. The standard InChI is InChI=1S/C14H13F3N2O2/c1-20-11-4-2-3-9(5-11)8-21-13-7-10(14(15,16)17)6-12(18)19-13/h2-7H,8H2,1H3,(H2,18,19). The number of hydrogen-bond acceptors (Lipinski definition) is 4. The van der Waals surface area contributed by atoms with E-state index in [1.807, 2.05) is 0 Å². The molecule has 1 aromatic carbocycles. The van der Waals surface area contributed by atoms with Crippen LogP contribution in [0, 0.1) is 0 Å². The highest BCUT2D eigenvalue weighted by molar-refractivity contribution is 5.38. The van der Waals surface area contributed by atoms with Gasteiger partial charge in [-0.2, -0.15) is 18.2 Å². The lowest BCUT2D eigenvalue weighted by molar-refractivity contribution is -0.137. The zero-order valence-electron chi connectivity index (χ0n) is 11.1. The van der Waals surface area contributed by atoms with Gasteiger partial charge in [0.1, 0.15) is 18.2 Å². The van der Waals surface area contributed by atoms with Crippen LogP contribution in [-0.4, -0.2) is 12.1 Å². The second-order valence-corrected chi connectivity index (χ2v) is 4.26. The summed E-state index contributed by atoms with van der Waals surface area (Å²) in [4.78, 5) is 3.73. The Morgan fingerprint density at radius 1 is 1.19 bits per heavy atom. The number of halogens is 3. The van der Waals surface area contributed by atoms with Crippen molar-refractivity contribution in [1.29, 1.82) is 0 Å². The number of hydrogen-bond donors (Lipinski definition) is 1. The van der Waals surface area contributed by atoms with Gasteiger partial charge in [-0.25, -0.2) is 0 Å². The van der Waals surface area contributed by atoms with E-state index < -0.39 is 11.7 Å². The lowest BCUT2D eigenvalue weighted by atomic mass is 10.2. The molecule has 2 N–H and O–H groups in total. The molecule has 0 spiro atoms. The Morgan fingerprint density at radius 2 is 1.95 bits per heavy atom. The smallest absolute Gasteiger partial charge is 0.416 e. The fraction of sp³-hybridized carbons (Fsp3) is 0.214. The number of nitrogen functional groups attached to an aromatic ring is 1. The van der Waals surface area contributed by atoms with Crippen molar-refractivity contribution < 1.29 is 22.6 Å². The quantitative estimate of drug-likeness (QED) is 0.941. The first-order chi connectivity index (χ1) is 9.88. The number of nitrogens with zero attached hydrogens (tertiary/aromatic N) is 1. The van der Waals surface area contributed by atoms with Crippen LogP contribution in [0.3, 0.4) is 0 Å². The lowest BCUT2D eigenvalue weighted by Crippen LogP contribution is -2.08. The minimum absolute atomic E-state index is 0.0605. The fourth-order valence-electron chi connectivity index (χ4n) is 1.68. The Labute approximate surface area is 119 Å². The van der Waals surface area contributed by atoms with Crippen LogP contribution in [-0.2, 0) is 12.8 Å². The second-order valence-electron chi connectivity index (χ2n) is 4.26. The third-order valence-corrected chi connectivity index (χ3v) is 2.67.